The van der Waals surface area contributed by atoms with Crippen molar-refractivity contribution in [2.75, 3.05) is 51.3 Å². The average molecular weight is 542 g/mol. The molecule has 3 amide bonds. The minimum absolute atomic E-state index is 0.0505. The molecule has 0 saturated carbocycles. The van der Waals surface area contributed by atoms with Gasteiger partial charge in [-0.05, 0) is 36.2 Å². The minimum atomic E-state index is -4.78. The minimum Gasteiger partial charge on any atom is -0.449 e. The van der Waals surface area contributed by atoms with Crippen LogP contribution in [-0.2, 0) is 9.47 Å². The van der Waals surface area contributed by atoms with E-state index in [9.17, 15) is 22.8 Å². The lowest BCUT2D eigenvalue weighted by atomic mass is 9.85. The standard InChI is InChI=1S/C25H27ClF3N3O5/c26-21-3-1-2-4-22(21)30-23(33)36-16-17-13-19(18-5-7-20(8-6-18)37-25(27,28)29)15-32(14-17)24(34)31-9-11-35-12-10-31/h1-8,17,19H,9-16H2,(H,30,33). The Bertz CT molecular complexity index is 1080. The molecule has 2 aromatic rings. The predicted molar refractivity (Wildman–Crippen MR) is 130 cm³/mol. The molecule has 1 N–H and O–H groups in total. The Kier molecular flexibility index (Phi) is 8.65. The average Bonchev–Trinajstić information content (AvgIpc) is 2.88. The lowest BCUT2D eigenvalue weighted by molar-refractivity contribution is -0.274. The molecule has 2 aromatic carbocycles. The number of morpholine rings is 1. The second-order valence-corrected chi connectivity index (χ2v) is 9.31. The van der Waals surface area contributed by atoms with E-state index in [0.717, 1.165) is 5.56 Å². The van der Waals surface area contributed by atoms with Gasteiger partial charge in [-0.1, -0.05) is 35.9 Å². The van der Waals surface area contributed by atoms with Crippen LogP contribution in [0.1, 0.15) is 17.9 Å². The van der Waals surface area contributed by atoms with E-state index in [0.29, 0.717) is 56.5 Å². The number of rotatable bonds is 5. The van der Waals surface area contributed by atoms with E-state index in [1.54, 1.807) is 46.2 Å². The maximum absolute atomic E-state index is 13.2. The molecule has 2 atom stereocenters. The summed E-state index contributed by atoms with van der Waals surface area (Å²) < 4.78 is 52.4. The highest BCUT2D eigenvalue weighted by molar-refractivity contribution is 6.33. The number of alkyl halides is 3. The maximum Gasteiger partial charge on any atom is 0.573 e. The Balaban J connectivity index is 1.44. The number of anilines is 1. The maximum atomic E-state index is 13.2. The fraction of sp³-hybridized carbons (Fsp3) is 0.440. The van der Waals surface area contributed by atoms with Crippen LogP contribution in [0.15, 0.2) is 48.5 Å². The second kappa shape index (κ2) is 11.9. The number of hydrogen-bond donors (Lipinski definition) is 1. The van der Waals surface area contributed by atoms with E-state index in [4.69, 9.17) is 21.1 Å². The molecule has 0 aromatic heterocycles. The summed E-state index contributed by atoms with van der Waals surface area (Å²) >= 11 is 6.08. The highest BCUT2D eigenvalue weighted by Gasteiger charge is 2.35. The van der Waals surface area contributed by atoms with Crippen molar-refractivity contribution in [3.05, 3.63) is 59.1 Å². The molecule has 37 heavy (non-hydrogen) atoms. The number of halogens is 4. The van der Waals surface area contributed by atoms with Gasteiger partial charge in [-0.3, -0.25) is 5.32 Å². The number of piperidine rings is 1. The Labute approximate surface area is 217 Å². The molecule has 2 unspecified atom stereocenters. The van der Waals surface area contributed by atoms with Crippen molar-refractivity contribution in [3.8, 4) is 5.75 Å². The Hall–Kier alpha value is -3.18. The summed E-state index contributed by atoms with van der Waals surface area (Å²) in [4.78, 5) is 29.0. The molecule has 0 aliphatic carbocycles. The molecule has 12 heteroatoms. The zero-order valence-electron chi connectivity index (χ0n) is 19.9. The molecule has 0 radical (unpaired) electrons. The summed E-state index contributed by atoms with van der Waals surface area (Å²) in [6.07, 6.45) is -4.87. The fourth-order valence-electron chi connectivity index (χ4n) is 4.52. The third-order valence-electron chi connectivity index (χ3n) is 6.24. The van der Waals surface area contributed by atoms with Crippen LogP contribution in [0, 0.1) is 5.92 Å². The highest BCUT2D eigenvalue weighted by Crippen LogP contribution is 2.33. The third-order valence-corrected chi connectivity index (χ3v) is 6.56. The van der Waals surface area contributed by atoms with E-state index in [1.165, 1.54) is 12.1 Å². The van der Waals surface area contributed by atoms with Gasteiger partial charge >= 0.3 is 18.5 Å². The number of amides is 3. The summed E-state index contributed by atoms with van der Waals surface area (Å²) in [6.45, 7) is 2.68. The Morgan fingerprint density at radius 2 is 1.73 bits per heavy atom. The van der Waals surface area contributed by atoms with E-state index in [-0.39, 0.29) is 30.2 Å². The molecule has 2 fully saturated rings. The SMILES string of the molecule is O=C(Nc1ccccc1Cl)OCC1CC(c2ccc(OC(F)(F)F)cc2)CN(C(=O)N2CCOCC2)C1. The first-order valence-electron chi connectivity index (χ1n) is 11.8. The molecule has 0 spiro atoms. The van der Waals surface area contributed by atoms with Gasteiger partial charge in [-0.25, -0.2) is 9.59 Å². The molecule has 2 saturated heterocycles. The Morgan fingerprint density at radius 1 is 1.03 bits per heavy atom. The van der Waals surface area contributed by atoms with Crippen molar-refractivity contribution in [2.45, 2.75) is 18.7 Å². The largest absolute Gasteiger partial charge is 0.573 e. The number of para-hydroxylation sites is 1. The van der Waals surface area contributed by atoms with Gasteiger partial charge in [0.25, 0.3) is 0 Å². The molecule has 8 nitrogen and oxygen atoms in total. The number of nitrogens with one attached hydrogen (secondary N) is 1. The molecule has 0 bridgehead atoms. The van der Waals surface area contributed by atoms with Crippen molar-refractivity contribution < 1.29 is 37.0 Å². The molecular formula is C25H27ClF3N3O5. The molecule has 200 valence electrons. The van der Waals surface area contributed by atoms with Gasteiger partial charge < -0.3 is 24.0 Å². The van der Waals surface area contributed by atoms with Gasteiger partial charge in [0.15, 0.2) is 0 Å². The normalized spacial score (nSPS) is 20.3. The number of nitrogens with zero attached hydrogens (tertiary/aromatic N) is 2. The van der Waals surface area contributed by atoms with Crippen LogP contribution in [0.25, 0.3) is 0 Å². The summed E-state index contributed by atoms with van der Waals surface area (Å²) in [5.41, 5.74) is 1.18. The zero-order chi connectivity index (χ0) is 26.4. The van der Waals surface area contributed by atoms with E-state index in [2.05, 4.69) is 10.1 Å². The highest BCUT2D eigenvalue weighted by atomic mass is 35.5. The summed E-state index contributed by atoms with van der Waals surface area (Å²) in [6, 6.07) is 12.3. The monoisotopic (exact) mass is 541 g/mol. The van der Waals surface area contributed by atoms with Gasteiger partial charge in [0.05, 0.1) is 30.5 Å². The van der Waals surface area contributed by atoms with Gasteiger partial charge in [-0.15, -0.1) is 13.2 Å². The topological polar surface area (TPSA) is 80.3 Å². The third kappa shape index (κ3) is 7.65. The van der Waals surface area contributed by atoms with Crippen LogP contribution in [0.5, 0.6) is 5.75 Å². The molecule has 2 heterocycles. The van der Waals surface area contributed by atoms with E-state index >= 15 is 0 Å². The molecule has 2 aliphatic rings. The van der Waals surface area contributed by atoms with Crippen LogP contribution in [0.4, 0.5) is 28.4 Å². The zero-order valence-corrected chi connectivity index (χ0v) is 20.6. The summed E-state index contributed by atoms with van der Waals surface area (Å²) in [5.74, 6) is -0.671. The lowest BCUT2D eigenvalue weighted by Gasteiger charge is -2.41. The predicted octanol–water partition coefficient (Wildman–Crippen LogP) is 5.35. The van der Waals surface area contributed by atoms with Crippen LogP contribution in [-0.4, -0.2) is 74.3 Å². The number of carbonyl (C=O) groups is 2. The number of ether oxygens (including phenoxy) is 3. The number of likely N-dealkylation sites (tertiary alicyclic amines) is 1. The molecular weight excluding hydrogens is 515 g/mol. The van der Waals surface area contributed by atoms with Gasteiger partial charge in [0.1, 0.15) is 5.75 Å². The first-order valence-corrected chi connectivity index (χ1v) is 12.2. The first kappa shape index (κ1) is 26.9. The van der Waals surface area contributed by atoms with Crippen LogP contribution >= 0.6 is 11.6 Å². The number of hydrogen-bond acceptors (Lipinski definition) is 5. The van der Waals surface area contributed by atoms with Crippen LogP contribution < -0.4 is 10.1 Å². The van der Waals surface area contributed by atoms with E-state index < -0.39 is 12.5 Å². The number of urea groups is 1. The smallest absolute Gasteiger partial charge is 0.449 e. The van der Waals surface area contributed by atoms with Crippen LogP contribution in [0.3, 0.4) is 0 Å². The molecule has 2 aliphatic heterocycles. The second-order valence-electron chi connectivity index (χ2n) is 8.91. The summed E-state index contributed by atoms with van der Waals surface area (Å²) in [7, 11) is 0. The van der Waals surface area contributed by atoms with Crippen molar-refractivity contribution in [1.82, 2.24) is 9.80 Å². The van der Waals surface area contributed by atoms with Crippen molar-refractivity contribution >= 4 is 29.4 Å². The van der Waals surface area contributed by atoms with Gasteiger partial charge in [0.2, 0.25) is 0 Å². The Morgan fingerprint density at radius 3 is 2.41 bits per heavy atom. The molecule has 4 rings (SSSR count). The van der Waals surface area contributed by atoms with Crippen molar-refractivity contribution in [1.29, 1.82) is 0 Å². The quantitative estimate of drug-likeness (QED) is 0.552. The van der Waals surface area contributed by atoms with Gasteiger partial charge in [0, 0.05) is 38.0 Å². The summed E-state index contributed by atoms with van der Waals surface area (Å²) in [5, 5.41) is 2.97. The van der Waals surface area contributed by atoms with Gasteiger partial charge in [-0.2, -0.15) is 0 Å². The lowest BCUT2D eigenvalue weighted by Crippen LogP contribution is -2.52. The van der Waals surface area contributed by atoms with Crippen molar-refractivity contribution in [2.24, 2.45) is 5.92 Å². The van der Waals surface area contributed by atoms with E-state index in [1.807, 2.05) is 0 Å². The fourth-order valence-corrected chi connectivity index (χ4v) is 4.70. The van der Waals surface area contributed by atoms with Crippen LogP contribution in [0.2, 0.25) is 5.02 Å². The number of benzene rings is 2. The first-order chi connectivity index (χ1) is 17.7. The van der Waals surface area contributed by atoms with Crippen molar-refractivity contribution in [3.63, 3.8) is 0 Å². The number of carbonyl (C=O) groups excluding carboxylic acids is 2.